The van der Waals surface area contributed by atoms with E-state index in [2.05, 4.69) is 57.2 Å². The third-order valence-electron chi connectivity index (χ3n) is 6.27. The molecule has 1 aliphatic rings. The summed E-state index contributed by atoms with van der Waals surface area (Å²) in [7, 11) is 0. The number of amides is 1. The largest absolute Gasteiger partial charge is 0.366 e. The van der Waals surface area contributed by atoms with E-state index in [9.17, 15) is 4.79 Å². The first-order chi connectivity index (χ1) is 14.8. The van der Waals surface area contributed by atoms with Crippen LogP contribution in [0.25, 0.3) is 0 Å². The van der Waals surface area contributed by atoms with Gasteiger partial charge in [0, 0.05) is 12.0 Å². The number of hydrogen-bond acceptors (Lipinski definition) is 4. The van der Waals surface area contributed by atoms with Crippen molar-refractivity contribution in [3.8, 4) is 0 Å². The van der Waals surface area contributed by atoms with Gasteiger partial charge in [-0.05, 0) is 82.0 Å². The third kappa shape index (κ3) is 4.49. The first-order valence-electron chi connectivity index (χ1n) is 11.2. The maximum absolute atomic E-state index is 11.9. The molecule has 1 amide bonds. The average Bonchev–Trinajstić information content (AvgIpc) is 3.19. The number of allylic oxidation sites excluding steroid dienone is 4. The van der Waals surface area contributed by atoms with E-state index in [0.717, 1.165) is 56.0 Å². The Hall–Kier alpha value is -2.73. The lowest BCUT2D eigenvalue weighted by atomic mass is 9.69. The molecule has 31 heavy (non-hydrogen) atoms. The van der Waals surface area contributed by atoms with Gasteiger partial charge in [-0.2, -0.15) is 5.10 Å². The number of carbonyl (C=O) groups excluding carboxylic acids is 1. The fourth-order valence-corrected chi connectivity index (χ4v) is 4.65. The standard InChI is InChI=1S/C25H35N5O/c1-6-22-28-24(30-29-22)25(12-13-27-7-2)17(5)18(14-16(3)4)8-9-19-15-20(23(26)31)10-11-21(19)25/h10-11,14-15,27H,6-9,12-13H2,1-5H3,(H2,26,31)(H,28,29,30). The van der Waals surface area contributed by atoms with Crippen LogP contribution in [0.1, 0.15) is 80.6 Å². The zero-order chi connectivity index (χ0) is 22.6. The molecule has 0 saturated heterocycles. The molecule has 1 unspecified atom stereocenters. The molecule has 1 aromatic carbocycles. The molecule has 1 aromatic heterocycles. The smallest absolute Gasteiger partial charge is 0.248 e. The van der Waals surface area contributed by atoms with E-state index in [-0.39, 0.29) is 0 Å². The lowest BCUT2D eigenvalue weighted by molar-refractivity contribution is 0.1000. The van der Waals surface area contributed by atoms with E-state index >= 15 is 0 Å². The fraction of sp³-hybridized carbons (Fsp3) is 0.480. The van der Waals surface area contributed by atoms with E-state index < -0.39 is 11.3 Å². The van der Waals surface area contributed by atoms with Gasteiger partial charge in [-0.15, -0.1) is 0 Å². The number of rotatable bonds is 8. The van der Waals surface area contributed by atoms with Crippen molar-refractivity contribution < 1.29 is 4.79 Å². The molecule has 1 heterocycles. The number of nitrogens with zero attached hydrogens (tertiary/aromatic N) is 2. The Labute approximate surface area is 185 Å². The summed E-state index contributed by atoms with van der Waals surface area (Å²) in [5.74, 6) is 1.29. The normalized spacial score (nSPS) is 18.5. The lowest BCUT2D eigenvalue weighted by Gasteiger charge is -2.35. The van der Waals surface area contributed by atoms with Crippen LogP contribution < -0.4 is 11.1 Å². The number of aryl methyl sites for hydroxylation is 2. The maximum atomic E-state index is 11.9. The van der Waals surface area contributed by atoms with Crippen molar-refractivity contribution in [1.82, 2.24) is 20.5 Å². The minimum absolute atomic E-state index is 0.398. The molecule has 4 N–H and O–H groups in total. The molecule has 0 radical (unpaired) electrons. The molecule has 1 atom stereocenters. The van der Waals surface area contributed by atoms with Crippen LogP contribution in [0.4, 0.5) is 0 Å². The number of aromatic amines is 1. The summed E-state index contributed by atoms with van der Waals surface area (Å²) in [6, 6.07) is 5.87. The molecular weight excluding hydrogens is 386 g/mol. The molecule has 6 heteroatoms. The van der Waals surface area contributed by atoms with Crippen molar-refractivity contribution in [2.45, 2.75) is 65.7 Å². The number of aromatic nitrogens is 3. The second-order valence-corrected chi connectivity index (χ2v) is 8.58. The minimum Gasteiger partial charge on any atom is -0.366 e. The van der Waals surface area contributed by atoms with Crippen molar-refractivity contribution in [1.29, 1.82) is 0 Å². The van der Waals surface area contributed by atoms with Crippen LogP contribution in [-0.2, 0) is 18.3 Å². The topological polar surface area (TPSA) is 96.7 Å². The van der Waals surface area contributed by atoms with Gasteiger partial charge < -0.3 is 11.1 Å². The summed E-state index contributed by atoms with van der Waals surface area (Å²) in [5, 5.41) is 11.3. The van der Waals surface area contributed by atoms with Crippen LogP contribution in [0, 0.1) is 0 Å². The summed E-state index contributed by atoms with van der Waals surface area (Å²) >= 11 is 0. The Morgan fingerprint density at radius 3 is 2.68 bits per heavy atom. The van der Waals surface area contributed by atoms with Crippen LogP contribution in [0.5, 0.6) is 0 Å². The van der Waals surface area contributed by atoms with Gasteiger partial charge in [0.05, 0.1) is 5.41 Å². The van der Waals surface area contributed by atoms with Gasteiger partial charge >= 0.3 is 0 Å². The molecule has 0 fully saturated rings. The Morgan fingerprint density at radius 2 is 2.06 bits per heavy atom. The highest BCUT2D eigenvalue weighted by Gasteiger charge is 2.43. The third-order valence-corrected chi connectivity index (χ3v) is 6.27. The molecular formula is C25H35N5O. The van der Waals surface area contributed by atoms with Crippen LogP contribution in [0.2, 0.25) is 0 Å². The zero-order valence-electron chi connectivity index (χ0n) is 19.4. The highest BCUT2D eigenvalue weighted by molar-refractivity contribution is 5.93. The van der Waals surface area contributed by atoms with E-state index in [1.54, 1.807) is 0 Å². The van der Waals surface area contributed by atoms with E-state index in [0.29, 0.717) is 5.56 Å². The quantitative estimate of drug-likeness (QED) is 0.562. The van der Waals surface area contributed by atoms with Gasteiger partial charge in [-0.3, -0.25) is 9.89 Å². The SMILES string of the molecule is CCNCCC1(c2n[nH]c(CC)n2)C(C)=C(C=C(C)C)CCc2cc(C(N)=O)ccc21. The number of primary amides is 1. The monoisotopic (exact) mass is 421 g/mol. The second-order valence-electron chi connectivity index (χ2n) is 8.58. The second kappa shape index (κ2) is 9.60. The summed E-state index contributed by atoms with van der Waals surface area (Å²) in [4.78, 5) is 16.8. The maximum Gasteiger partial charge on any atom is 0.248 e. The number of carbonyl (C=O) groups is 1. The molecule has 0 spiro atoms. The summed E-state index contributed by atoms with van der Waals surface area (Å²) in [6.45, 7) is 12.4. The Balaban J connectivity index is 2.33. The number of fused-ring (bicyclic) bond motifs is 1. The van der Waals surface area contributed by atoms with Gasteiger partial charge in [0.25, 0.3) is 0 Å². The number of H-pyrrole nitrogens is 1. The van der Waals surface area contributed by atoms with Gasteiger partial charge in [0.1, 0.15) is 5.82 Å². The van der Waals surface area contributed by atoms with Crippen molar-refractivity contribution in [2.75, 3.05) is 13.1 Å². The number of benzene rings is 1. The van der Waals surface area contributed by atoms with Crippen LogP contribution in [0.15, 0.2) is 41.0 Å². The van der Waals surface area contributed by atoms with Gasteiger partial charge in [0.2, 0.25) is 5.91 Å². The number of nitrogens with two attached hydrogens (primary N) is 1. The van der Waals surface area contributed by atoms with Gasteiger partial charge in [-0.25, -0.2) is 4.98 Å². The minimum atomic E-state index is -0.477. The number of hydrogen-bond donors (Lipinski definition) is 3. The van der Waals surface area contributed by atoms with Crippen molar-refractivity contribution in [3.63, 3.8) is 0 Å². The van der Waals surface area contributed by atoms with Crippen molar-refractivity contribution in [3.05, 3.63) is 69.3 Å². The molecule has 0 bridgehead atoms. The van der Waals surface area contributed by atoms with E-state index in [4.69, 9.17) is 15.8 Å². The predicted octanol–water partition coefficient (Wildman–Crippen LogP) is 3.98. The summed E-state index contributed by atoms with van der Waals surface area (Å²) < 4.78 is 0. The summed E-state index contributed by atoms with van der Waals surface area (Å²) in [5.41, 5.74) is 11.9. The van der Waals surface area contributed by atoms with Gasteiger partial charge in [-0.1, -0.05) is 37.1 Å². The van der Waals surface area contributed by atoms with E-state index in [1.807, 2.05) is 12.1 Å². The Kier molecular flexibility index (Phi) is 7.11. The number of nitrogens with one attached hydrogen (secondary N) is 2. The van der Waals surface area contributed by atoms with E-state index in [1.165, 1.54) is 22.3 Å². The molecule has 166 valence electrons. The first kappa shape index (κ1) is 22.9. The fourth-order valence-electron chi connectivity index (χ4n) is 4.65. The summed E-state index contributed by atoms with van der Waals surface area (Å²) in [6.07, 6.45) is 5.66. The predicted molar refractivity (Wildman–Crippen MR) is 125 cm³/mol. The molecule has 0 saturated carbocycles. The molecule has 1 aliphatic carbocycles. The Bertz CT molecular complexity index is 1010. The molecule has 6 nitrogen and oxygen atoms in total. The molecule has 2 aromatic rings. The van der Waals surface area contributed by atoms with Crippen LogP contribution >= 0.6 is 0 Å². The highest BCUT2D eigenvalue weighted by atomic mass is 16.1. The van der Waals surface area contributed by atoms with Crippen molar-refractivity contribution >= 4 is 5.91 Å². The zero-order valence-corrected chi connectivity index (χ0v) is 19.4. The van der Waals surface area contributed by atoms with Crippen LogP contribution in [0.3, 0.4) is 0 Å². The molecule has 3 rings (SSSR count). The highest BCUT2D eigenvalue weighted by Crippen LogP contribution is 2.46. The molecule has 0 aliphatic heterocycles. The van der Waals surface area contributed by atoms with Crippen LogP contribution in [-0.4, -0.2) is 34.2 Å². The Morgan fingerprint density at radius 1 is 1.29 bits per heavy atom. The first-order valence-corrected chi connectivity index (χ1v) is 11.2. The van der Waals surface area contributed by atoms with Gasteiger partial charge in [0.15, 0.2) is 5.82 Å². The lowest BCUT2D eigenvalue weighted by Crippen LogP contribution is -2.36. The van der Waals surface area contributed by atoms with Crippen molar-refractivity contribution in [2.24, 2.45) is 5.73 Å². The average molecular weight is 422 g/mol.